The first-order chi connectivity index (χ1) is 7.58. The van der Waals surface area contributed by atoms with Crippen molar-refractivity contribution in [3.8, 4) is 0 Å². The lowest BCUT2D eigenvalue weighted by molar-refractivity contribution is -0.128. The SMILES string of the molecule is N[C@@H]1CC(=O)N(Cc2c(F)cccc2F)C1. The molecule has 16 heavy (non-hydrogen) atoms. The Morgan fingerprint density at radius 3 is 2.50 bits per heavy atom. The first-order valence-electron chi connectivity index (χ1n) is 5.04. The van der Waals surface area contributed by atoms with E-state index >= 15 is 0 Å². The molecule has 0 aliphatic carbocycles. The van der Waals surface area contributed by atoms with Crippen LogP contribution in [0.2, 0.25) is 0 Å². The molecule has 1 aromatic carbocycles. The summed E-state index contributed by atoms with van der Waals surface area (Å²) in [5, 5.41) is 0. The number of halogens is 2. The number of carbonyl (C=O) groups is 1. The van der Waals surface area contributed by atoms with Crippen LogP contribution in [0.4, 0.5) is 8.78 Å². The summed E-state index contributed by atoms with van der Waals surface area (Å²) in [5.74, 6) is -1.42. The van der Waals surface area contributed by atoms with Crippen LogP contribution in [-0.4, -0.2) is 23.4 Å². The van der Waals surface area contributed by atoms with Crippen LogP contribution in [-0.2, 0) is 11.3 Å². The second kappa shape index (κ2) is 4.17. The van der Waals surface area contributed by atoms with Crippen molar-refractivity contribution in [2.45, 2.75) is 19.0 Å². The number of hydrogen-bond donors (Lipinski definition) is 1. The molecule has 0 saturated carbocycles. The standard InChI is InChI=1S/C11H12F2N2O/c12-9-2-1-3-10(13)8(9)6-15-5-7(14)4-11(15)16/h1-3,7H,4-6,14H2/t7-/m1/s1. The van der Waals surface area contributed by atoms with Crippen molar-refractivity contribution in [1.29, 1.82) is 0 Å². The van der Waals surface area contributed by atoms with Crippen LogP contribution >= 0.6 is 0 Å². The average Bonchev–Trinajstić information content (AvgIpc) is 2.51. The first-order valence-corrected chi connectivity index (χ1v) is 5.04. The molecule has 1 atom stereocenters. The van der Waals surface area contributed by atoms with E-state index in [0.29, 0.717) is 6.54 Å². The molecular formula is C11H12F2N2O. The predicted octanol–water partition coefficient (Wildman–Crippen LogP) is 1.02. The summed E-state index contributed by atoms with van der Waals surface area (Å²) in [4.78, 5) is 12.8. The maximum atomic E-state index is 13.3. The zero-order valence-electron chi connectivity index (χ0n) is 8.62. The Kier molecular flexibility index (Phi) is 2.87. The number of hydrogen-bond acceptors (Lipinski definition) is 2. The second-order valence-electron chi connectivity index (χ2n) is 3.94. The number of benzene rings is 1. The Hall–Kier alpha value is -1.49. The first kappa shape index (κ1) is 11.0. The van der Waals surface area contributed by atoms with Crippen molar-refractivity contribution >= 4 is 5.91 Å². The molecule has 2 N–H and O–H groups in total. The highest BCUT2D eigenvalue weighted by Crippen LogP contribution is 2.18. The van der Waals surface area contributed by atoms with Gasteiger partial charge in [-0.2, -0.15) is 0 Å². The quantitative estimate of drug-likeness (QED) is 0.818. The summed E-state index contributed by atoms with van der Waals surface area (Å²) >= 11 is 0. The van der Waals surface area contributed by atoms with E-state index in [1.807, 2.05) is 0 Å². The van der Waals surface area contributed by atoms with E-state index in [1.165, 1.54) is 23.1 Å². The van der Waals surface area contributed by atoms with Gasteiger partial charge in [-0.05, 0) is 12.1 Å². The zero-order valence-corrected chi connectivity index (χ0v) is 8.62. The fourth-order valence-corrected chi connectivity index (χ4v) is 1.83. The molecule has 1 aliphatic heterocycles. The molecule has 1 fully saturated rings. The van der Waals surface area contributed by atoms with E-state index in [0.717, 1.165) is 0 Å². The van der Waals surface area contributed by atoms with Gasteiger partial charge in [0.25, 0.3) is 0 Å². The third kappa shape index (κ3) is 2.04. The number of rotatable bonds is 2. The van der Waals surface area contributed by atoms with Crippen molar-refractivity contribution in [1.82, 2.24) is 4.90 Å². The molecule has 86 valence electrons. The number of likely N-dealkylation sites (tertiary alicyclic amines) is 1. The van der Waals surface area contributed by atoms with Gasteiger partial charge < -0.3 is 10.6 Å². The van der Waals surface area contributed by atoms with Gasteiger partial charge in [-0.15, -0.1) is 0 Å². The summed E-state index contributed by atoms with van der Waals surface area (Å²) in [6.45, 7) is 0.303. The summed E-state index contributed by atoms with van der Waals surface area (Å²) in [6.07, 6.45) is 0.246. The Balaban J connectivity index is 2.18. The van der Waals surface area contributed by atoms with Crippen molar-refractivity contribution in [2.24, 2.45) is 5.73 Å². The van der Waals surface area contributed by atoms with Crippen LogP contribution in [0.1, 0.15) is 12.0 Å². The molecule has 1 heterocycles. The number of amides is 1. The Labute approximate surface area is 91.8 Å². The van der Waals surface area contributed by atoms with Crippen molar-refractivity contribution < 1.29 is 13.6 Å². The highest BCUT2D eigenvalue weighted by Gasteiger charge is 2.28. The number of nitrogens with zero attached hydrogens (tertiary/aromatic N) is 1. The topological polar surface area (TPSA) is 46.3 Å². The molecular weight excluding hydrogens is 214 g/mol. The maximum absolute atomic E-state index is 13.3. The van der Waals surface area contributed by atoms with E-state index in [2.05, 4.69) is 0 Å². The van der Waals surface area contributed by atoms with Gasteiger partial charge in [-0.25, -0.2) is 8.78 Å². The molecule has 0 radical (unpaired) electrons. The van der Waals surface area contributed by atoms with Crippen LogP contribution in [0.5, 0.6) is 0 Å². The molecule has 0 bridgehead atoms. The highest BCUT2D eigenvalue weighted by molar-refractivity contribution is 5.79. The van der Waals surface area contributed by atoms with Gasteiger partial charge >= 0.3 is 0 Å². The summed E-state index contributed by atoms with van der Waals surface area (Å²) in [6, 6.07) is 3.42. The third-order valence-electron chi connectivity index (χ3n) is 2.66. The maximum Gasteiger partial charge on any atom is 0.224 e. The van der Waals surface area contributed by atoms with Gasteiger partial charge in [0.05, 0.1) is 6.54 Å². The molecule has 1 aromatic rings. The van der Waals surface area contributed by atoms with E-state index in [1.54, 1.807) is 0 Å². The van der Waals surface area contributed by atoms with Gasteiger partial charge in [0.1, 0.15) is 11.6 Å². The zero-order chi connectivity index (χ0) is 11.7. The van der Waals surface area contributed by atoms with E-state index in [-0.39, 0.29) is 30.5 Å². The molecule has 2 rings (SSSR count). The Morgan fingerprint density at radius 1 is 1.38 bits per heavy atom. The number of nitrogens with two attached hydrogens (primary N) is 1. The van der Waals surface area contributed by atoms with Crippen LogP contribution < -0.4 is 5.73 Å². The fraction of sp³-hybridized carbons (Fsp3) is 0.364. The summed E-state index contributed by atoms with van der Waals surface area (Å²) < 4.78 is 26.6. The molecule has 0 aromatic heterocycles. The minimum absolute atomic E-state index is 0.0506. The monoisotopic (exact) mass is 226 g/mol. The van der Waals surface area contributed by atoms with Crippen LogP contribution in [0, 0.1) is 11.6 Å². The minimum atomic E-state index is -0.631. The Bertz CT molecular complexity index is 402. The van der Waals surface area contributed by atoms with Gasteiger partial charge in [-0.3, -0.25) is 4.79 Å². The molecule has 1 amide bonds. The fourth-order valence-electron chi connectivity index (χ4n) is 1.83. The summed E-state index contributed by atoms with van der Waals surface area (Å²) in [5.41, 5.74) is 5.52. The Morgan fingerprint density at radius 2 is 2.00 bits per heavy atom. The van der Waals surface area contributed by atoms with Gasteiger partial charge in [-0.1, -0.05) is 6.07 Å². The minimum Gasteiger partial charge on any atom is -0.337 e. The molecule has 0 spiro atoms. The lowest BCUT2D eigenvalue weighted by Gasteiger charge is -2.16. The van der Waals surface area contributed by atoms with Crippen molar-refractivity contribution in [2.75, 3.05) is 6.54 Å². The van der Waals surface area contributed by atoms with Crippen molar-refractivity contribution in [3.05, 3.63) is 35.4 Å². The molecule has 3 nitrogen and oxygen atoms in total. The summed E-state index contributed by atoms with van der Waals surface area (Å²) in [7, 11) is 0. The van der Waals surface area contributed by atoms with Crippen LogP contribution in [0.3, 0.4) is 0 Å². The smallest absolute Gasteiger partial charge is 0.224 e. The van der Waals surface area contributed by atoms with E-state index in [4.69, 9.17) is 5.73 Å². The van der Waals surface area contributed by atoms with Crippen LogP contribution in [0.15, 0.2) is 18.2 Å². The molecule has 1 saturated heterocycles. The predicted molar refractivity (Wildman–Crippen MR) is 54.4 cm³/mol. The highest BCUT2D eigenvalue weighted by atomic mass is 19.1. The van der Waals surface area contributed by atoms with Gasteiger partial charge in [0.2, 0.25) is 5.91 Å². The van der Waals surface area contributed by atoms with E-state index < -0.39 is 11.6 Å². The second-order valence-corrected chi connectivity index (χ2v) is 3.94. The number of carbonyl (C=O) groups excluding carboxylic acids is 1. The molecule has 5 heteroatoms. The third-order valence-corrected chi connectivity index (χ3v) is 2.66. The van der Waals surface area contributed by atoms with E-state index in [9.17, 15) is 13.6 Å². The lowest BCUT2D eigenvalue weighted by Crippen LogP contribution is -2.28. The molecule has 1 aliphatic rings. The average molecular weight is 226 g/mol. The normalized spacial score (nSPS) is 20.6. The van der Waals surface area contributed by atoms with Crippen molar-refractivity contribution in [3.63, 3.8) is 0 Å². The largest absolute Gasteiger partial charge is 0.337 e. The lowest BCUT2D eigenvalue weighted by atomic mass is 10.2. The van der Waals surface area contributed by atoms with Gasteiger partial charge in [0.15, 0.2) is 0 Å². The van der Waals surface area contributed by atoms with Gasteiger partial charge in [0, 0.05) is 24.6 Å². The molecule has 0 unspecified atom stereocenters. The van der Waals surface area contributed by atoms with Crippen LogP contribution in [0.25, 0.3) is 0 Å².